The van der Waals surface area contributed by atoms with Crippen molar-refractivity contribution >= 4 is 8.03 Å². The van der Waals surface area contributed by atoms with Crippen molar-refractivity contribution in [2.75, 3.05) is 6.61 Å². The van der Waals surface area contributed by atoms with Crippen LogP contribution >= 0.6 is 8.03 Å². The quantitative estimate of drug-likeness (QED) is 0.581. The SMILES string of the molecule is CCO[P+](=O)Cc1cc(C(C)(C)C)c(O)c(C(C)(C)C)c1.[Ni]. The predicted molar refractivity (Wildman–Crippen MR) is 88.4 cm³/mol. The zero-order valence-corrected chi connectivity index (χ0v) is 16.5. The van der Waals surface area contributed by atoms with Crippen molar-refractivity contribution in [3.8, 4) is 5.75 Å². The molecule has 0 aliphatic rings. The van der Waals surface area contributed by atoms with Gasteiger partial charge in [-0.05, 0) is 45.6 Å². The fraction of sp³-hybridized carbons (Fsp3) is 0.647. The molecule has 1 rings (SSSR count). The van der Waals surface area contributed by atoms with E-state index in [1.165, 1.54) is 0 Å². The zero-order valence-electron chi connectivity index (χ0n) is 14.6. The topological polar surface area (TPSA) is 46.5 Å². The third-order valence-electron chi connectivity index (χ3n) is 3.37. The van der Waals surface area contributed by atoms with Crippen LogP contribution in [0.4, 0.5) is 0 Å². The summed E-state index contributed by atoms with van der Waals surface area (Å²) in [4.78, 5) is 0. The minimum atomic E-state index is -1.69. The molecule has 0 bridgehead atoms. The van der Waals surface area contributed by atoms with E-state index < -0.39 is 8.03 Å². The number of aromatic hydroxyl groups is 1. The third-order valence-corrected chi connectivity index (χ3v) is 4.54. The first kappa shape index (κ1) is 21.6. The minimum absolute atomic E-state index is 0. The Balaban J connectivity index is 0.00000441. The van der Waals surface area contributed by atoms with E-state index in [2.05, 4.69) is 41.5 Å². The molecule has 0 saturated carbocycles. The number of rotatable bonds is 4. The molecule has 0 fully saturated rings. The van der Waals surface area contributed by atoms with Crippen LogP contribution < -0.4 is 0 Å². The van der Waals surface area contributed by atoms with Crippen molar-refractivity contribution < 1.29 is 30.7 Å². The average molecular weight is 370 g/mol. The maximum atomic E-state index is 11.9. The van der Waals surface area contributed by atoms with Crippen LogP contribution in [-0.2, 0) is 42.6 Å². The van der Waals surface area contributed by atoms with Crippen molar-refractivity contribution in [3.63, 3.8) is 0 Å². The van der Waals surface area contributed by atoms with E-state index in [1.807, 2.05) is 19.1 Å². The molecule has 1 atom stereocenters. The molecule has 0 aromatic heterocycles. The molecule has 0 aliphatic heterocycles. The van der Waals surface area contributed by atoms with Crippen molar-refractivity contribution in [1.29, 1.82) is 0 Å². The number of benzene rings is 1. The maximum Gasteiger partial charge on any atom is 0.512 e. The minimum Gasteiger partial charge on any atom is -0.507 e. The van der Waals surface area contributed by atoms with Crippen LogP contribution in [0.1, 0.15) is 65.2 Å². The van der Waals surface area contributed by atoms with E-state index >= 15 is 0 Å². The molecule has 3 nitrogen and oxygen atoms in total. The van der Waals surface area contributed by atoms with Gasteiger partial charge in [-0.1, -0.05) is 41.5 Å². The fourth-order valence-electron chi connectivity index (χ4n) is 2.27. The Hall–Kier alpha value is -0.426. The molecule has 5 heteroatoms. The van der Waals surface area contributed by atoms with Gasteiger partial charge >= 0.3 is 8.03 Å². The predicted octanol–water partition coefficient (Wildman–Crippen LogP) is 5.26. The molecule has 0 radical (unpaired) electrons. The molecule has 0 saturated heterocycles. The van der Waals surface area contributed by atoms with Crippen LogP contribution in [0, 0.1) is 0 Å². The van der Waals surface area contributed by atoms with Gasteiger partial charge in [0.25, 0.3) is 0 Å². The molecule has 0 amide bonds. The van der Waals surface area contributed by atoms with Crippen molar-refractivity contribution in [3.05, 3.63) is 28.8 Å². The maximum absolute atomic E-state index is 11.9. The van der Waals surface area contributed by atoms with Crippen LogP contribution in [0.5, 0.6) is 5.75 Å². The van der Waals surface area contributed by atoms with Crippen LogP contribution in [0.2, 0.25) is 0 Å². The summed E-state index contributed by atoms with van der Waals surface area (Å²) in [6.07, 6.45) is 0.385. The van der Waals surface area contributed by atoms with Gasteiger partial charge < -0.3 is 5.11 Å². The van der Waals surface area contributed by atoms with Crippen molar-refractivity contribution in [2.24, 2.45) is 0 Å². The van der Waals surface area contributed by atoms with Gasteiger partial charge in [0, 0.05) is 22.1 Å². The first-order valence-electron chi connectivity index (χ1n) is 7.41. The summed E-state index contributed by atoms with van der Waals surface area (Å²) >= 11 is 0. The van der Waals surface area contributed by atoms with Gasteiger partial charge in [-0.25, -0.2) is 0 Å². The van der Waals surface area contributed by atoms with Crippen molar-refractivity contribution in [1.82, 2.24) is 0 Å². The monoisotopic (exact) mass is 369 g/mol. The van der Waals surface area contributed by atoms with E-state index in [0.29, 0.717) is 18.5 Å². The Morgan fingerprint density at radius 1 is 1.05 bits per heavy atom. The summed E-state index contributed by atoms with van der Waals surface area (Å²) in [6, 6.07) is 3.91. The Morgan fingerprint density at radius 3 is 1.77 bits per heavy atom. The molecule has 1 N–H and O–H groups in total. The molecule has 128 valence electrons. The van der Waals surface area contributed by atoms with Gasteiger partial charge in [-0.15, -0.1) is 4.52 Å². The van der Waals surface area contributed by atoms with Gasteiger partial charge in [0.2, 0.25) is 6.16 Å². The Bertz CT molecular complexity index is 493. The van der Waals surface area contributed by atoms with Crippen LogP contribution in [0.25, 0.3) is 0 Å². The van der Waals surface area contributed by atoms with E-state index in [9.17, 15) is 9.67 Å². The molecular formula is C17H28NiO3P+. The van der Waals surface area contributed by atoms with Crippen LogP contribution in [0.15, 0.2) is 12.1 Å². The number of phenolic OH excluding ortho intramolecular Hbond substituents is 1. The number of hydrogen-bond acceptors (Lipinski definition) is 3. The first-order valence-corrected chi connectivity index (χ1v) is 8.77. The summed E-state index contributed by atoms with van der Waals surface area (Å²) in [7, 11) is -1.69. The summed E-state index contributed by atoms with van der Waals surface area (Å²) in [5.41, 5.74) is 2.40. The second-order valence-electron chi connectivity index (χ2n) is 7.45. The van der Waals surface area contributed by atoms with E-state index in [1.54, 1.807) is 0 Å². The van der Waals surface area contributed by atoms with E-state index in [-0.39, 0.29) is 27.3 Å². The van der Waals surface area contributed by atoms with Crippen molar-refractivity contribution in [2.45, 2.75) is 65.5 Å². The Labute approximate surface area is 145 Å². The summed E-state index contributed by atoms with van der Waals surface area (Å²) < 4.78 is 17.1. The summed E-state index contributed by atoms with van der Waals surface area (Å²) in [6.45, 7) is 14.7. The Morgan fingerprint density at radius 2 is 1.45 bits per heavy atom. The smallest absolute Gasteiger partial charge is 0.507 e. The number of phenols is 1. The molecular weight excluding hydrogens is 342 g/mol. The normalized spacial score (nSPS) is 12.8. The standard InChI is InChI=1S/C17H27O3P.Ni/c1-8-20-21(19)11-12-9-13(16(2,3)4)15(18)14(10-12)17(5,6)7;/h9-10H,8,11H2,1-7H3;/p+1. The molecule has 1 aromatic rings. The van der Waals surface area contributed by atoms with Gasteiger partial charge in [0.1, 0.15) is 5.75 Å². The average Bonchev–Trinajstić information content (AvgIpc) is 2.28. The van der Waals surface area contributed by atoms with Gasteiger partial charge in [-0.3, -0.25) is 0 Å². The zero-order chi connectivity index (χ0) is 16.4. The largest absolute Gasteiger partial charge is 0.512 e. The third kappa shape index (κ3) is 5.65. The molecule has 0 heterocycles. The number of hydrogen-bond donors (Lipinski definition) is 1. The summed E-state index contributed by atoms with van der Waals surface area (Å²) in [5.74, 6) is 0.352. The summed E-state index contributed by atoms with van der Waals surface area (Å²) in [5, 5.41) is 10.6. The van der Waals surface area contributed by atoms with Gasteiger partial charge in [0.15, 0.2) is 0 Å². The molecule has 22 heavy (non-hydrogen) atoms. The molecule has 0 aliphatic carbocycles. The fourth-order valence-corrected chi connectivity index (χ4v) is 3.13. The Kier molecular flexibility index (Phi) is 7.75. The second-order valence-corrected chi connectivity index (χ2v) is 8.69. The second kappa shape index (κ2) is 7.91. The van der Waals surface area contributed by atoms with E-state index in [0.717, 1.165) is 16.7 Å². The first-order chi connectivity index (χ1) is 9.46. The van der Waals surface area contributed by atoms with Gasteiger partial charge in [-0.2, -0.15) is 0 Å². The molecule has 1 aromatic carbocycles. The van der Waals surface area contributed by atoms with E-state index in [4.69, 9.17) is 4.52 Å². The van der Waals surface area contributed by atoms with Crippen LogP contribution in [0.3, 0.4) is 0 Å². The molecule has 1 unspecified atom stereocenters. The van der Waals surface area contributed by atoms with Crippen LogP contribution in [-0.4, -0.2) is 11.7 Å². The van der Waals surface area contributed by atoms with Gasteiger partial charge in [0.05, 0.1) is 6.61 Å². The molecule has 0 spiro atoms.